The number of nitrogens with zero attached hydrogens (tertiary/aromatic N) is 1. The highest BCUT2D eigenvalue weighted by Crippen LogP contribution is 2.62. The molecule has 2 aliphatic carbocycles. The number of rotatable bonds is 8. The summed E-state index contributed by atoms with van der Waals surface area (Å²) in [6.45, 7) is -0.0689. The second kappa shape index (κ2) is 9.40. The molecule has 1 saturated carbocycles. The summed E-state index contributed by atoms with van der Waals surface area (Å²) in [5.41, 5.74) is 3.70. The number of carboxylic acid groups (broad SMARTS) is 1. The maximum absolute atomic E-state index is 13.2. The smallest absolute Gasteiger partial charge is 0.327 e. The van der Waals surface area contributed by atoms with Crippen LogP contribution in [0.4, 0.5) is 5.69 Å². The zero-order chi connectivity index (χ0) is 24.3. The van der Waals surface area contributed by atoms with Crippen LogP contribution in [0.3, 0.4) is 0 Å². The van der Waals surface area contributed by atoms with Gasteiger partial charge in [0.2, 0.25) is 5.91 Å². The fraction of sp³-hybridized carbons (Fsp3) is 0.308. The molecule has 0 radical (unpaired) electrons. The van der Waals surface area contributed by atoms with E-state index in [2.05, 4.69) is 16.7 Å². The van der Waals surface area contributed by atoms with Gasteiger partial charge < -0.3 is 20.5 Å². The van der Waals surface area contributed by atoms with Gasteiger partial charge in [0.05, 0.1) is 11.6 Å². The lowest BCUT2D eigenvalue weighted by atomic mass is 9.94. The van der Waals surface area contributed by atoms with Crippen LogP contribution in [0.2, 0.25) is 0 Å². The van der Waals surface area contributed by atoms with Crippen LogP contribution in [0, 0.1) is 17.2 Å². The Hall–Kier alpha value is -4.12. The van der Waals surface area contributed by atoms with Crippen molar-refractivity contribution in [2.45, 2.75) is 31.1 Å². The number of amides is 2. The summed E-state index contributed by atoms with van der Waals surface area (Å²) in [4.78, 5) is 35.5. The number of fused-ring (bicyclic) bond motifs is 2. The van der Waals surface area contributed by atoms with Gasteiger partial charge >= 0.3 is 5.97 Å². The maximum Gasteiger partial charge on any atom is 0.327 e. The van der Waals surface area contributed by atoms with Gasteiger partial charge in [-0.05, 0) is 66.6 Å². The van der Waals surface area contributed by atoms with Crippen LogP contribution < -0.4 is 15.4 Å². The first-order chi connectivity index (χ1) is 16.4. The second-order valence-electron chi connectivity index (χ2n) is 8.61. The van der Waals surface area contributed by atoms with E-state index in [-0.39, 0.29) is 29.8 Å². The van der Waals surface area contributed by atoms with Gasteiger partial charge in [-0.1, -0.05) is 18.2 Å². The van der Waals surface area contributed by atoms with Gasteiger partial charge in [0.15, 0.2) is 6.61 Å². The number of aliphatic carboxylic acids is 1. The van der Waals surface area contributed by atoms with Crippen LogP contribution in [0.5, 0.6) is 5.75 Å². The lowest BCUT2D eigenvalue weighted by Gasteiger charge is -2.15. The van der Waals surface area contributed by atoms with Crippen molar-refractivity contribution in [3.05, 3.63) is 70.8 Å². The topological polar surface area (TPSA) is 129 Å². The Morgan fingerprint density at radius 2 is 2.09 bits per heavy atom. The van der Waals surface area contributed by atoms with Crippen molar-refractivity contribution >= 4 is 23.5 Å². The fourth-order valence-electron chi connectivity index (χ4n) is 4.71. The van der Waals surface area contributed by atoms with Crippen LogP contribution in [-0.2, 0) is 32.6 Å². The predicted molar refractivity (Wildman–Crippen MR) is 124 cm³/mol. The standard InChI is InChI=1S/C26H25N3O5/c1-28-23(30)15-34-19-8-7-17-9-10-26(20(17)12-19)13-21(26)25(33)29-22-11-16(14-27)5-6-18(22)3-2-4-24(31)32/h2,4-8,11-12,21H,3,9-10,13,15H2,1H3,(H,28,30)(H,29,33)(H,31,32)/t21-,26-/m0/s1. The Morgan fingerprint density at radius 1 is 1.26 bits per heavy atom. The molecule has 2 atom stereocenters. The molecule has 0 saturated heterocycles. The molecule has 8 nitrogen and oxygen atoms in total. The summed E-state index contributed by atoms with van der Waals surface area (Å²) in [5, 5.41) is 23.6. The van der Waals surface area contributed by atoms with Crippen LogP contribution in [0.15, 0.2) is 48.6 Å². The predicted octanol–water partition coefficient (Wildman–Crippen LogP) is 2.71. The van der Waals surface area contributed by atoms with E-state index in [1.165, 1.54) is 11.6 Å². The number of hydrogen-bond acceptors (Lipinski definition) is 5. The summed E-state index contributed by atoms with van der Waals surface area (Å²) >= 11 is 0. The van der Waals surface area contributed by atoms with Crippen molar-refractivity contribution in [1.29, 1.82) is 5.26 Å². The Kier molecular flexibility index (Phi) is 6.37. The first-order valence-electron chi connectivity index (χ1n) is 11.1. The largest absolute Gasteiger partial charge is 0.484 e. The molecular weight excluding hydrogens is 434 g/mol. The van der Waals surface area contributed by atoms with Crippen molar-refractivity contribution in [2.75, 3.05) is 19.0 Å². The van der Waals surface area contributed by atoms with Crippen molar-refractivity contribution in [3.63, 3.8) is 0 Å². The van der Waals surface area contributed by atoms with Crippen LogP contribution in [-0.4, -0.2) is 36.5 Å². The Labute approximate surface area is 197 Å². The van der Waals surface area contributed by atoms with Gasteiger partial charge in [0.25, 0.3) is 5.91 Å². The van der Waals surface area contributed by atoms with Crippen LogP contribution in [0.25, 0.3) is 0 Å². The van der Waals surface area contributed by atoms with Crippen molar-refractivity contribution in [1.82, 2.24) is 5.32 Å². The third-order valence-electron chi connectivity index (χ3n) is 6.59. The van der Waals surface area contributed by atoms with Crippen LogP contribution >= 0.6 is 0 Å². The number of nitrogens with one attached hydrogen (secondary N) is 2. The molecule has 0 unspecified atom stereocenters. The average Bonchev–Trinajstić information content (AvgIpc) is 3.46. The van der Waals surface area contributed by atoms with Gasteiger partial charge in [-0.3, -0.25) is 9.59 Å². The summed E-state index contributed by atoms with van der Waals surface area (Å²) in [6.07, 6.45) is 5.34. The number of likely N-dealkylation sites (N-methyl/N-ethyl adjacent to an activating group) is 1. The van der Waals surface area contributed by atoms with Gasteiger partial charge in [-0.2, -0.15) is 5.26 Å². The summed E-state index contributed by atoms with van der Waals surface area (Å²) < 4.78 is 5.60. The number of allylic oxidation sites excluding steroid dienone is 1. The number of carboxylic acids is 1. The van der Waals surface area contributed by atoms with Gasteiger partial charge in [-0.15, -0.1) is 0 Å². The number of anilines is 1. The molecule has 8 heteroatoms. The lowest BCUT2D eigenvalue weighted by Crippen LogP contribution is -2.25. The summed E-state index contributed by atoms with van der Waals surface area (Å²) in [7, 11) is 1.55. The molecule has 0 aliphatic heterocycles. The summed E-state index contributed by atoms with van der Waals surface area (Å²) in [5.74, 6) is -0.992. The van der Waals surface area contributed by atoms with Crippen molar-refractivity contribution in [3.8, 4) is 11.8 Å². The quantitative estimate of drug-likeness (QED) is 0.521. The van der Waals surface area contributed by atoms with E-state index in [9.17, 15) is 19.6 Å². The maximum atomic E-state index is 13.2. The molecule has 2 aromatic rings. The first-order valence-corrected chi connectivity index (χ1v) is 11.1. The minimum absolute atomic E-state index is 0.0689. The second-order valence-corrected chi connectivity index (χ2v) is 8.61. The third kappa shape index (κ3) is 4.64. The molecule has 0 aromatic heterocycles. The Balaban J connectivity index is 1.51. The average molecular weight is 460 g/mol. The Morgan fingerprint density at radius 3 is 2.82 bits per heavy atom. The van der Waals surface area contributed by atoms with Crippen molar-refractivity contribution in [2.24, 2.45) is 5.92 Å². The molecule has 4 rings (SSSR count). The number of hydrogen-bond donors (Lipinski definition) is 3. The molecule has 1 fully saturated rings. The highest BCUT2D eigenvalue weighted by atomic mass is 16.5. The molecule has 34 heavy (non-hydrogen) atoms. The minimum atomic E-state index is -1.04. The van der Waals surface area contributed by atoms with E-state index >= 15 is 0 Å². The monoisotopic (exact) mass is 459 g/mol. The SMILES string of the molecule is CNC(=O)COc1ccc2c(c1)[C@]1(CC2)C[C@H]1C(=O)Nc1cc(C#N)ccc1CC=CC(=O)O. The lowest BCUT2D eigenvalue weighted by molar-refractivity contribution is -0.131. The van der Waals surface area contributed by atoms with E-state index in [0.717, 1.165) is 36.5 Å². The zero-order valence-corrected chi connectivity index (χ0v) is 18.8. The normalized spacial score (nSPS) is 19.9. The number of nitriles is 1. The Bertz CT molecular complexity index is 1230. The van der Waals surface area contributed by atoms with E-state index in [1.807, 2.05) is 18.2 Å². The molecule has 0 bridgehead atoms. The van der Waals surface area contributed by atoms with Gasteiger partial charge in [0.1, 0.15) is 5.75 Å². The molecule has 2 aromatic carbocycles. The number of carbonyl (C=O) groups is 3. The summed E-state index contributed by atoms with van der Waals surface area (Å²) in [6, 6.07) is 12.9. The number of carbonyl (C=O) groups excluding carboxylic acids is 2. The van der Waals surface area contributed by atoms with Gasteiger partial charge in [0, 0.05) is 30.1 Å². The highest BCUT2D eigenvalue weighted by molar-refractivity contribution is 5.97. The molecule has 1 spiro atoms. The molecule has 2 amide bonds. The van der Waals surface area contributed by atoms with Gasteiger partial charge in [-0.25, -0.2) is 4.79 Å². The minimum Gasteiger partial charge on any atom is -0.484 e. The van der Waals surface area contributed by atoms with E-state index in [1.54, 1.807) is 25.2 Å². The van der Waals surface area contributed by atoms with Crippen molar-refractivity contribution < 1.29 is 24.2 Å². The third-order valence-corrected chi connectivity index (χ3v) is 6.59. The molecular formula is C26H25N3O5. The highest BCUT2D eigenvalue weighted by Gasteiger charge is 2.61. The van der Waals surface area contributed by atoms with E-state index < -0.39 is 5.97 Å². The number of ether oxygens (including phenoxy) is 1. The first kappa shape index (κ1) is 23.1. The molecule has 0 heterocycles. The molecule has 174 valence electrons. The van der Waals surface area contributed by atoms with Crippen LogP contribution in [0.1, 0.15) is 35.1 Å². The van der Waals surface area contributed by atoms with E-state index in [0.29, 0.717) is 23.4 Å². The zero-order valence-electron chi connectivity index (χ0n) is 18.8. The number of aryl methyl sites for hydroxylation is 1. The fourth-order valence-corrected chi connectivity index (χ4v) is 4.71. The molecule has 3 N–H and O–H groups in total. The number of benzene rings is 2. The molecule has 2 aliphatic rings. The van der Waals surface area contributed by atoms with E-state index in [4.69, 9.17) is 9.84 Å².